The predicted octanol–water partition coefficient (Wildman–Crippen LogP) is 2.95. The standard InChI is InChI=1S/C11H16OS/c12-11-3-1-9(2-4-11)10-5-7-13-8-6-10/h1-8H2. The van der Waals surface area contributed by atoms with Gasteiger partial charge in [-0.2, -0.15) is 11.8 Å². The molecule has 0 aromatic heterocycles. The van der Waals surface area contributed by atoms with Gasteiger partial charge in [0.05, 0.1) is 0 Å². The van der Waals surface area contributed by atoms with Gasteiger partial charge in [0.1, 0.15) is 5.78 Å². The van der Waals surface area contributed by atoms with Gasteiger partial charge < -0.3 is 0 Å². The molecule has 2 rings (SSSR count). The van der Waals surface area contributed by atoms with Gasteiger partial charge >= 0.3 is 0 Å². The van der Waals surface area contributed by atoms with E-state index in [2.05, 4.69) is 11.8 Å². The van der Waals surface area contributed by atoms with Crippen LogP contribution in [0.4, 0.5) is 0 Å². The first-order valence-corrected chi connectivity index (χ1v) is 6.31. The maximum Gasteiger partial charge on any atom is 0.133 e. The summed E-state index contributed by atoms with van der Waals surface area (Å²) in [5.41, 5.74) is 3.31. The number of rotatable bonds is 0. The lowest BCUT2D eigenvalue weighted by atomic mass is 9.88. The van der Waals surface area contributed by atoms with Crippen molar-refractivity contribution in [2.45, 2.75) is 38.5 Å². The predicted molar refractivity (Wildman–Crippen MR) is 57.1 cm³/mol. The highest BCUT2D eigenvalue weighted by atomic mass is 32.2. The molecule has 0 aromatic rings. The van der Waals surface area contributed by atoms with Crippen LogP contribution in [-0.4, -0.2) is 17.3 Å². The van der Waals surface area contributed by atoms with E-state index in [1.807, 2.05) is 0 Å². The molecular weight excluding hydrogens is 180 g/mol. The van der Waals surface area contributed by atoms with Crippen LogP contribution in [0.15, 0.2) is 11.1 Å². The van der Waals surface area contributed by atoms with Crippen LogP contribution in [0.2, 0.25) is 0 Å². The fraction of sp³-hybridized carbons (Fsp3) is 0.727. The Balaban J connectivity index is 2.01. The van der Waals surface area contributed by atoms with Crippen molar-refractivity contribution >= 4 is 17.5 Å². The van der Waals surface area contributed by atoms with Gasteiger partial charge in [-0.3, -0.25) is 4.79 Å². The molecule has 13 heavy (non-hydrogen) atoms. The van der Waals surface area contributed by atoms with Crippen LogP contribution in [0.25, 0.3) is 0 Å². The average molecular weight is 196 g/mol. The Morgan fingerprint density at radius 3 is 1.92 bits per heavy atom. The number of Topliss-reactive ketones (excluding diaryl/α,β-unsaturated/α-hetero) is 1. The number of allylic oxidation sites excluding steroid dienone is 2. The van der Waals surface area contributed by atoms with E-state index < -0.39 is 0 Å². The minimum atomic E-state index is 0.467. The van der Waals surface area contributed by atoms with Gasteiger partial charge in [0.25, 0.3) is 0 Å². The second-order valence-electron chi connectivity index (χ2n) is 3.86. The molecule has 0 N–H and O–H groups in total. The molecule has 0 spiro atoms. The average Bonchev–Trinajstić information content (AvgIpc) is 2.20. The van der Waals surface area contributed by atoms with Crippen LogP contribution in [0.5, 0.6) is 0 Å². The Hall–Kier alpha value is -0.240. The van der Waals surface area contributed by atoms with E-state index in [9.17, 15) is 4.79 Å². The molecule has 0 bridgehead atoms. The summed E-state index contributed by atoms with van der Waals surface area (Å²) >= 11 is 2.06. The molecular formula is C11H16OS. The molecule has 2 aliphatic rings. The van der Waals surface area contributed by atoms with Crippen molar-refractivity contribution in [2.24, 2.45) is 0 Å². The summed E-state index contributed by atoms with van der Waals surface area (Å²) in [4.78, 5) is 11.1. The lowest BCUT2D eigenvalue weighted by Crippen LogP contribution is -2.10. The van der Waals surface area contributed by atoms with Crippen LogP contribution in [0, 0.1) is 0 Å². The second-order valence-corrected chi connectivity index (χ2v) is 5.08. The van der Waals surface area contributed by atoms with Crippen molar-refractivity contribution in [3.63, 3.8) is 0 Å². The number of thioether (sulfide) groups is 1. The van der Waals surface area contributed by atoms with E-state index in [4.69, 9.17) is 0 Å². The summed E-state index contributed by atoms with van der Waals surface area (Å²) in [5, 5.41) is 0. The maximum atomic E-state index is 11.1. The van der Waals surface area contributed by atoms with Crippen molar-refractivity contribution in [1.82, 2.24) is 0 Å². The van der Waals surface area contributed by atoms with Gasteiger partial charge in [-0.25, -0.2) is 0 Å². The minimum absolute atomic E-state index is 0.467. The van der Waals surface area contributed by atoms with E-state index >= 15 is 0 Å². The normalized spacial score (nSPS) is 25.1. The molecule has 0 amide bonds. The topological polar surface area (TPSA) is 17.1 Å². The molecule has 2 fully saturated rings. The van der Waals surface area contributed by atoms with Crippen LogP contribution in [0.3, 0.4) is 0 Å². The molecule has 0 radical (unpaired) electrons. The van der Waals surface area contributed by atoms with E-state index in [0.717, 1.165) is 25.7 Å². The maximum absolute atomic E-state index is 11.1. The Morgan fingerprint density at radius 2 is 1.31 bits per heavy atom. The van der Waals surface area contributed by atoms with Crippen molar-refractivity contribution < 1.29 is 4.79 Å². The fourth-order valence-corrected chi connectivity index (χ4v) is 3.14. The van der Waals surface area contributed by atoms with Crippen LogP contribution < -0.4 is 0 Å². The number of carbonyl (C=O) groups is 1. The zero-order chi connectivity index (χ0) is 9.10. The third kappa shape index (κ3) is 2.37. The van der Waals surface area contributed by atoms with E-state index in [1.165, 1.54) is 24.3 Å². The summed E-state index contributed by atoms with van der Waals surface area (Å²) < 4.78 is 0. The molecule has 0 unspecified atom stereocenters. The second kappa shape index (κ2) is 4.32. The Morgan fingerprint density at radius 1 is 0.769 bits per heavy atom. The number of carbonyl (C=O) groups excluding carboxylic acids is 1. The Labute approximate surface area is 84.0 Å². The number of ketones is 1. The minimum Gasteiger partial charge on any atom is -0.300 e. The van der Waals surface area contributed by atoms with Gasteiger partial charge in [-0.15, -0.1) is 0 Å². The van der Waals surface area contributed by atoms with Gasteiger partial charge in [0.2, 0.25) is 0 Å². The van der Waals surface area contributed by atoms with Gasteiger partial charge in [-0.05, 0) is 37.2 Å². The molecule has 1 heterocycles. The molecule has 1 aliphatic heterocycles. The third-order valence-electron chi connectivity index (χ3n) is 3.01. The largest absolute Gasteiger partial charge is 0.300 e. The van der Waals surface area contributed by atoms with Crippen LogP contribution in [-0.2, 0) is 4.79 Å². The van der Waals surface area contributed by atoms with Gasteiger partial charge in [0.15, 0.2) is 0 Å². The summed E-state index contributed by atoms with van der Waals surface area (Å²) in [5.74, 6) is 3.06. The zero-order valence-corrected chi connectivity index (χ0v) is 8.79. The van der Waals surface area contributed by atoms with Crippen molar-refractivity contribution in [2.75, 3.05) is 11.5 Å². The zero-order valence-electron chi connectivity index (χ0n) is 7.97. The highest BCUT2D eigenvalue weighted by Gasteiger charge is 2.17. The highest BCUT2D eigenvalue weighted by molar-refractivity contribution is 7.99. The first-order valence-electron chi connectivity index (χ1n) is 5.15. The first kappa shape index (κ1) is 9.32. The molecule has 1 nitrogen and oxygen atoms in total. The molecule has 72 valence electrons. The van der Waals surface area contributed by atoms with Crippen LogP contribution in [0.1, 0.15) is 38.5 Å². The summed E-state index contributed by atoms with van der Waals surface area (Å²) in [7, 11) is 0. The Kier molecular flexibility index (Phi) is 3.09. The lowest BCUT2D eigenvalue weighted by Gasteiger charge is -2.21. The monoisotopic (exact) mass is 196 g/mol. The molecule has 0 atom stereocenters. The van der Waals surface area contributed by atoms with Crippen molar-refractivity contribution in [3.05, 3.63) is 11.1 Å². The van der Waals surface area contributed by atoms with Crippen LogP contribution >= 0.6 is 11.8 Å². The summed E-state index contributed by atoms with van der Waals surface area (Å²) in [6.07, 6.45) is 6.33. The summed E-state index contributed by atoms with van der Waals surface area (Å²) in [6.45, 7) is 0. The van der Waals surface area contributed by atoms with Crippen molar-refractivity contribution in [3.8, 4) is 0 Å². The smallest absolute Gasteiger partial charge is 0.133 e. The van der Waals surface area contributed by atoms with E-state index in [0.29, 0.717) is 5.78 Å². The molecule has 1 aliphatic carbocycles. The molecule has 1 saturated heterocycles. The highest BCUT2D eigenvalue weighted by Crippen LogP contribution is 2.31. The first-order chi connectivity index (χ1) is 6.36. The summed E-state index contributed by atoms with van der Waals surface area (Å²) in [6, 6.07) is 0. The third-order valence-corrected chi connectivity index (χ3v) is 3.99. The van der Waals surface area contributed by atoms with E-state index in [1.54, 1.807) is 11.1 Å². The fourth-order valence-electron chi connectivity index (χ4n) is 2.16. The molecule has 0 aromatic carbocycles. The van der Waals surface area contributed by atoms with E-state index in [-0.39, 0.29) is 0 Å². The number of hydrogen-bond donors (Lipinski definition) is 0. The SMILES string of the molecule is O=C1CCC(=C2CCSCC2)CC1. The molecule has 2 heteroatoms. The number of hydrogen-bond acceptors (Lipinski definition) is 2. The van der Waals surface area contributed by atoms with Gasteiger partial charge in [-0.1, -0.05) is 11.1 Å². The van der Waals surface area contributed by atoms with Gasteiger partial charge in [0, 0.05) is 12.8 Å². The van der Waals surface area contributed by atoms with Crippen molar-refractivity contribution in [1.29, 1.82) is 0 Å². The lowest BCUT2D eigenvalue weighted by molar-refractivity contribution is -0.119. The molecule has 1 saturated carbocycles. The quantitative estimate of drug-likeness (QED) is 0.554. The Bertz CT molecular complexity index is 222.